The average Bonchev–Trinajstić information content (AvgIpc) is 2.70. The van der Waals surface area contributed by atoms with Gasteiger partial charge in [0.25, 0.3) is 5.91 Å². The van der Waals surface area contributed by atoms with Gasteiger partial charge in [-0.05, 0) is 42.0 Å². The number of rotatable bonds is 6. The van der Waals surface area contributed by atoms with Crippen molar-refractivity contribution >= 4 is 21.6 Å². The van der Waals surface area contributed by atoms with Gasteiger partial charge in [0, 0.05) is 45.0 Å². The number of nitrogens with zero attached hydrogens (tertiary/aromatic N) is 2. The molecule has 0 spiro atoms. The van der Waals surface area contributed by atoms with Gasteiger partial charge >= 0.3 is 0 Å². The fraction of sp³-hybridized carbons (Fsp3) is 0.350. The molecule has 1 heterocycles. The van der Waals surface area contributed by atoms with Gasteiger partial charge in [-0.1, -0.05) is 12.1 Å². The van der Waals surface area contributed by atoms with Crippen LogP contribution >= 0.6 is 0 Å². The highest BCUT2D eigenvalue weighted by Gasteiger charge is 2.17. The SMILES string of the molecule is CN(C)S(=O)(=O)c1ccc(C(=O)Nc2ccc(CN3CCOCC3)cc2)cc1. The lowest BCUT2D eigenvalue weighted by molar-refractivity contribution is 0.0342. The molecule has 1 N–H and O–H groups in total. The highest BCUT2D eigenvalue weighted by atomic mass is 32.2. The Morgan fingerprint density at radius 1 is 1.04 bits per heavy atom. The first-order valence-electron chi connectivity index (χ1n) is 9.09. The van der Waals surface area contributed by atoms with Gasteiger partial charge in [-0.3, -0.25) is 9.69 Å². The van der Waals surface area contributed by atoms with E-state index in [1.165, 1.54) is 43.9 Å². The third-order valence-electron chi connectivity index (χ3n) is 4.62. The summed E-state index contributed by atoms with van der Waals surface area (Å²) in [6, 6.07) is 13.6. The summed E-state index contributed by atoms with van der Waals surface area (Å²) in [6.07, 6.45) is 0. The molecular formula is C20H25N3O4S. The minimum atomic E-state index is -3.51. The van der Waals surface area contributed by atoms with Gasteiger partial charge in [-0.2, -0.15) is 0 Å². The van der Waals surface area contributed by atoms with Crippen LogP contribution in [0.25, 0.3) is 0 Å². The first kappa shape index (κ1) is 20.5. The van der Waals surface area contributed by atoms with Crippen molar-refractivity contribution in [3.63, 3.8) is 0 Å². The first-order valence-corrected chi connectivity index (χ1v) is 10.5. The summed E-state index contributed by atoms with van der Waals surface area (Å²) in [6.45, 7) is 4.25. The second-order valence-corrected chi connectivity index (χ2v) is 9.00. The monoisotopic (exact) mass is 403 g/mol. The Morgan fingerprint density at radius 2 is 1.64 bits per heavy atom. The molecule has 0 bridgehead atoms. The molecule has 0 saturated carbocycles. The number of sulfonamides is 1. The van der Waals surface area contributed by atoms with Crippen LogP contribution in [0, 0.1) is 0 Å². The maximum absolute atomic E-state index is 12.4. The molecule has 0 aromatic heterocycles. The van der Waals surface area contributed by atoms with Crippen molar-refractivity contribution in [2.75, 3.05) is 45.7 Å². The van der Waals surface area contributed by atoms with E-state index in [2.05, 4.69) is 10.2 Å². The third-order valence-corrected chi connectivity index (χ3v) is 6.45. The molecule has 1 aliphatic rings. The number of ether oxygens (including phenoxy) is 1. The number of carbonyl (C=O) groups is 1. The number of hydrogen-bond acceptors (Lipinski definition) is 5. The molecule has 3 rings (SSSR count). The minimum Gasteiger partial charge on any atom is -0.379 e. The number of morpholine rings is 1. The number of nitrogens with one attached hydrogen (secondary N) is 1. The lowest BCUT2D eigenvalue weighted by atomic mass is 10.1. The summed E-state index contributed by atoms with van der Waals surface area (Å²) >= 11 is 0. The van der Waals surface area contributed by atoms with Crippen LogP contribution in [0.3, 0.4) is 0 Å². The molecule has 1 aliphatic heterocycles. The second-order valence-electron chi connectivity index (χ2n) is 6.85. The van der Waals surface area contributed by atoms with Crippen LogP contribution in [0.15, 0.2) is 53.4 Å². The number of carbonyl (C=O) groups excluding carboxylic acids is 1. The maximum Gasteiger partial charge on any atom is 0.255 e. The van der Waals surface area contributed by atoms with Crippen molar-refractivity contribution < 1.29 is 17.9 Å². The molecule has 0 atom stereocenters. The molecule has 1 amide bonds. The lowest BCUT2D eigenvalue weighted by Gasteiger charge is -2.26. The molecule has 1 saturated heterocycles. The Kier molecular flexibility index (Phi) is 6.46. The van der Waals surface area contributed by atoms with Crippen molar-refractivity contribution in [1.29, 1.82) is 0 Å². The van der Waals surface area contributed by atoms with E-state index in [0.29, 0.717) is 11.3 Å². The van der Waals surface area contributed by atoms with Crippen molar-refractivity contribution in [3.05, 3.63) is 59.7 Å². The molecule has 1 fully saturated rings. The van der Waals surface area contributed by atoms with E-state index < -0.39 is 10.0 Å². The maximum atomic E-state index is 12.4. The van der Waals surface area contributed by atoms with E-state index in [-0.39, 0.29) is 10.8 Å². The Hall–Kier alpha value is -2.26. The Labute approximate surface area is 166 Å². The summed E-state index contributed by atoms with van der Waals surface area (Å²) in [5.41, 5.74) is 2.27. The smallest absolute Gasteiger partial charge is 0.255 e. The summed E-state index contributed by atoms with van der Waals surface area (Å²) in [7, 11) is -0.564. The largest absolute Gasteiger partial charge is 0.379 e. The Balaban J connectivity index is 1.61. The molecule has 0 radical (unpaired) electrons. The van der Waals surface area contributed by atoms with Gasteiger partial charge in [-0.25, -0.2) is 12.7 Å². The zero-order chi connectivity index (χ0) is 20.1. The zero-order valence-corrected chi connectivity index (χ0v) is 16.9. The third kappa shape index (κ3) is 4.96. The van der Waals surface area contributed by atoms with Gasteiger partial charge in [0.05, 0.1) is 18.1 Å². The van der Waals surface area contributed by atoms with E-state index in [9.17, 15) is 13.2 Å². The first-order chi connectivity index (χ1) is 13.4. The number of benzene rings is 2. The van der Waals surface area contributed by atoms with Crippen LogP contribution in [0.1, 0.15) is 15.9 Å². The molecule has 0 unspecified atom stereocenters. The van der Waals surface area contributed by atoms with Gasteiger partial charge in [-0.15, -0.1) is 0 Å². The van der Waals surface area contributed by atoms with Crippen molar-refractivity contribution in [3.8, 4) is 0 Å². The van der Waals surface area contributed by atoms with E-state index in [1.807, 2.05) is 24.3 Å². The number of anilines is 1. The highest BCUT2D eigenvalue weighted by molar-refractivity contribution is 7.89. The van der Waals surface area contributed by atoms with Crippen LogP contribution < -0.4 is 5.32 Å². The topological polar surface area (TPSA) is 79.0 Å². The molecular weight excluding hydrogens is 378 g/mol. The van der Waals surface area contributed by atoms with Crippen LogP contribution in [0.4, 0.5) is 5.69 Å². The quantitative estimate of drug-likeness (QED) is 0.798. The summed E-state index contributed by atoms with van der Waals surface area (Å²) in [4.78, 5) is 14.9. The molecule has 2 aromatic carbocycles. The van der Waals surface area contributed by atoms with Gasteiger partial charge in [0.15, 0.2) is 0 Å². The minimum absolute atomic E-state index is 0.154. The lowest BCUT2D eigenvalue weighted by Crippen LogP contribution is -2.35. The number of hydrogen-bond donors (Lipinski definition) is 1. The molecule has 7 nitrogen and oxygen atoms in total. The Bertz CT molecular complexity index is 903. The van der Waals surface area contributed by atoms with Crippen LogP contribution in [0.5, 0.6) is 0 Å². The molecule has 0 aliphatic carbocycles. The van der Waals surface area contributed by atoms with Crippen molar-refractivity contribution in [1.82, 2.24) is 9.21 Å². The summed E-state index contributed by atoms with van der Waals surface area (Å²) < 4.78 is 30.7. The fourth-order valence-corrected chi connectivity index (χ4v) is 3.80. The van der Waals surface area contributed by atoms with Crippen LogP contribution in [0.2, 0.25) is 0 Å². The predicted molar refractivity (Wildman–Crippen MR) is 108 cm³/mol. The normalized spacial score (nSPS) is 15.5. The van der Waals surface area contributed by atoms with E-state index >= 15 is 0 Å². The van der Waals surface area contributed by atoms with Crippen LogP contribution in [-0.2, 0) is 21.3 Å². The Morgan fingerprint density at radius 3 is 2.21 bits per heavy atom. The van der Waals surface area contributed by atoms with Gasteiger partial charge in [0.1, 0.15) is 0 Å². The molecule has 2 aromatic rings. The summed E-state index contributed by atoms with van der Waals surface area (Å²) in [5.74, 6) is -0.283. The van der Waals surface area contributed by atoms with Gasteiger partial charge in [0.2, 0.25) is 10.0 Å². The number of amides is 1. The van der Waals surface area contributed by atoms with Crippen LogP contribution in [-0.4, -0.2) is 63.9 Å². The molecule has 8 heteroatoms. The standard InChI is InChI=1S/C20H25N3O4S/c1-22(2)28(25,26)19-9-5-17(6-10-19)20(24)21-18-7-3-16(4-8-18)15-23-11-13-27-14-12-23/h3-10H,11-15H2,1-2H3,(H,21,24). The van der Waals surface area contributed by atoms with E-state index in [1.54, 1.807) is 0 Å². The molecule has 150 valence electrons. The average molecular weight is 404 g/mol. The second kappa shape index (κ2) is 8.83. The van der Waals surface area contributed by atoms with Crippen molar-refractivity contribution in [2.45, 2.75) is 11.4 Å². The fourth-order valence-electron chi connectivity index (χ4n) is 2.90. The summed E-state index contributed by atoms with van der Waals surface area (Å²) in [5, 5.41) is 2.84. The van der Waals surface area contributed by atoms with Crippen molar-refractivity contribution in [2.24, 2.45) is 0 Å². The molecule has 28 heavy (non-hydrogen) atoms. The van der Waals surface area contributed by atoms with E-state index in [0.717, 1.165) is 37.2 Å². The zero-order valence-electron chi connectivity index (χ0n) is 16.1. The highest BCUT2D eigenvalue weighted by Crippen LogP contribution is 2.16. The van der Waals surface area contributed by atoms with E-state index in [4.69, 9.17) is 4.74 Å². The predicted octanol–water partition coefficient (Wildman–Crippen LogP) is 2.02. The van der Waals surface area contributed by atoms with Gasteiger partial charge < -0.3 is 10.1 Å².